The fourth-order valence-electron chi connectivity index (χ4n) is 1.55. The molecule has 0 bridgehead atoms. The second kappa shape index (κ2) is 6.06. The first kappa shape index (κ1) is 13.3. The maximum Gasteiger partial charge on any atom is 0.218 e. The minimum Gasteiger partial charge on any atom is -0.472 e. The Kier molecular flexibility index (Phi) is 5.03. The summed E-state index contributed by atoms with van der Waals surface area (Å²) in [5.74, 6) is 1.03. The molecule has 1 aromatic rings. The van der Waals surface area contributed by atoms with Gasteiger partial charge in [-0.2, -0.15) is 0 Å². The summed E-state index contributed by atoms with van der Waals surface area (Å²) in [4.78, 5) is 4.36. The molecule has 0 spiro atoms. The van der Waals surface area contributed by atoms with Crippen LogP contribution in [0.5, 0.6) is 5.88 Å². The second-order valence-corrected chi connectivity index (χ2v) is 4.15. The number of nitrogens with zero attached hydrogens (tertiary/aromatic N) is 1. The summed E-state index contributed by atoms with van der Waals surface area (Å²) >= 11 is 5.90. The Balaban J connectivity index is 2.93. The molecule has 16 heavy (non-hydrogen) atoms. The number of hydrogen-bond donors (Lipinski definition) is 0. The predicted molar refractivity (Wildman–Crippen MR) is 65.2 cm³/mol. The third-order valence-electron chi connectivity index (χ3n) is 2.29. The van der Waals surface area contributed by atoms with Gasteiger partial charge in [-0.3, -0.25) is 0 Å². The van der Waals surface area contributed by atoms with Crippen LogP contribution in [0.3, 0.4) is 0 Å². The van der Waals surface area contributed by atoms with Crippen molar-refractivity contribution in [2.45, 2.75) is 32.8 Å². The van der Waals surface area contributed by atoms with Crippen LogP contribution >= 0.6 is 11.6 Å². The van der Waals surface area contributed by atoms with E-state index in [1.54, 1.807) is 7.11 Å². The van der Waals surface area contributed by atoms with Gasteiger partial charge in [-0.1, -0.05) is 0 Å². The molecule has 1 aromatic heterocycles. The average molecular weight is 244 g/mol. The molecule has 0 amide bonds. The summed E-state index contributed by atoms with van der Waals surface area (Å²) in [7, 11) is 1.65. The number of rotatable bonds is 5. The highest BCUT2D eigenvalue weighted by atomic mass is 35.5. The first-order valence-electron chi connectivity index (χ1n) is 5.27. The van der Waals surface area contributed by atoms with Crippen LogP contribution in [0.25, 0.3) is 0 Å². The Morgan fingerprint density at radius 1 is 1.44 bits per heavy atom. The summed E-state index contributed by atoms with van der Waals surface area (Å²) in [5, 5.41) is 0. The minimum absolute atomic E-state index is 0.0272. The molecule has 0 aromatic carbocycles. The monoisotopic (exact) mass is 243 g/mol. The lowest BCUT2D eigenvalue weighted by Gasteiger charge is -2.16. The molecular weight excluding hydrogens is 226 g/mol. The van der Waals surface area contributed by atoms with Gasteiger partial charge in [0.2, 0.25) is 5.88 Å². The van der Waals surface area contributed by atoms with Gasteiger partial charge in [-0.25, -0.2) is 4.98 Å². The largest absolute Gasteiger partial charge is 0.472 e. The standard InChI is InChI=1S/C12H18ClNO2/c1-8-5-9(2)14-12(11(8)6-13)16-10(3)7-15-4/h5,10H,6-7H2,1-4H3. The molecule has 0 radical (unpaired) electrons. The van der Waals surface area contributed by atoms with Crippen molar-refractivity contribution in [2.24, 2.45) is 0 Å². The summed E-state index contributed by atoms with van der Waals surface area (Å²) < 4.78 is 10.7. The molecule has 4 heteroatoms. The van der Waals surface area contributed by atoms with Crippen LogP contribution in [0, 0.1) is 13.8 Å². The molecule has 1 heterocycles. The smallest absolute Gasteiger partial charge is 0.218 e. The van der Waals surface area contributed by atoms with Crippen LogP contribution < -0.4 is 4.74 Å². The Labute approximate surface area is 102 Å². The highest BCUT2D eigenvalue weighted by Gasteiger charge is 2.12. The summed E-state index contributed by atoms with van der Waals surface area (Å²) in [6.45, 7) is 6.44. The molecule has 3 nitrogen and oxygen atoms in total. The van der Waals surface area contributed by atoms with Crippen molar-refractivity contribution in [3.63, 3.8) is 0 Å². The zero-order valence-electron chi connectivity index (χ0n) is 10.2. The van der Waals surface area contributed by atoms with E-state index in [4.69, 9.17) is 21.1 Å². The minimum atomic E-state index is -0.0272. The Morgan fingerprint density at radius 3 is 2.69 bits per heavy atom. The normalized spacial score (nSPS) is 12.6. The third-order valence-corrected chi connectivity index (χ3v) is 2.55. The van der Waals surface area contributed by atoms with E-state index in [1.165, 1.54) is 0 Å². The van der Waals surface area contributed by atoms with Gasteiger partial charge in [-0.15, -0.1) is 11.6 Å². The molecule has 0 aliphatic rings. The summed E-state index contributed by atoms with van der Waals surface area (Å²) in [6.07, 6.45) is -0.0272. The fourth-order valence-corrected chi connectivity index (χ4v) is 1.87. The zero-order chi connectivity index (χ0) is 12.1. The van der Waals surface area contributed by atoms with Crippen LogP contribution in [0.1, 0.15) is 23.7 Å². The van der Waals surface area contributed by atoms with Crippen molar-refractivity contribution in [1.29, 1.82) is 0 Å². The second-order valence-electron chi connectivity index (χ2n) is 3.88. The van der Waals surface area contributed by atoms with Crippen LogP contribution in [0.4, 0.5) is 0 Å². The Bertz CT molecular complexity index is 355. The number of alkyl halides is 1. The van der Waals surface area contributed by atoms with E-state index in [9.17, 15) is 0 Å². The molecule has 0 saturated carbocycles. The number of hydrogen-bond acceptors (Lipinski definition) is 3. The van der Waals surface area contributed by atoms with Crippen LogP contribution in [0.2, 0.25) is 0 Å². The van der Waals surface area contributed by atoms with Gasteiger partial charge in [-0.05, 0) is 32.4 Å². The summed E-state index contributed by atoms with van der Waals surface area (Å²) in [5.41, 5.74) is 3.00. The van der Waals surface area contributed by atoms with Gasteiger partial charge in [0.15, 0.2) is 0 Å². The van der Waals surface area contributed by atoms with Crippen molar-refractivity contribution in [3.05, 3.63) is 22.9 Å². The van der Waals surface area contributed by atoms with Crippen LogP contribution in [-0.2, 0) is 10.6 Å². The number of ether oxygens (including phenoxy) is 2. The molecule has 0 aliphatic carbocycles. The fraction of sp³-hybridized carbons (Fsp3) is 0.583. The SMILES string of the molecule is COCC(C)Oc1nc(C)cc(C)c1CCl. The molecule has 0 N–H and O–H groups in total. The Hall–Kier alpha value is -0.800. The van der Waals surface area contributed by atoms with Gasteiger partial charge in [0.1, 0.15) is 6.10 Å². The van der Waals surface area contributed by atoms with Crippen LogP contribution in [0.15, 0.2) is 6.07 Å². The van der Waals surface area contributed by atoms with E-state index < -0.39 is 0 Å². The van der Waals surface area contributed by atoms with E-state index in [-0.39, 0.29) is 6.10 Å². The van der Waals surface area contributed by atoms with E-state index in [2.05, 4.69) is 4.98 Å². The van der Waals surface area contributed by atoms with Gasteiger partial charge in [0.25, 0.3) is 0 Å². The summed E-state index contributed by atoms with van der Waals surface area (Å²) in [6, 6.07) is 2.01. The maximum absolute atomic E-state index is 5.90. The first-order chi connectivity index (χ1) is 7.58. The lowest BCUT2D eigenvalue weighted by Crippen LogP contribution is -2.19. The number of pyridine rings is 1. The van der Waals surface area contributed by atoms with Crippen molar-refractivity contribution < 1.29 is 9.47 Å². The zero-order valence-corrected chi connectivity index (χ0v) is 11.0. The quantitative estimate of drug-likeness (QED) is 0.746. The lowest BCUT2D eigenvalue weighted by molar-refractivity contribution is 0.0882. The van der Waals surface area contributed by atoms with Crippen molar-refractivity contribution in [1.82, 2.24) is 4.98 Å². The Morgan fingerprint density at radius 2 is 2.12 bits per heavy atom. The van der Waals surface area contributed by atoms with E-state index >= 15 is 0 Å². The molecule has 1 atom stereocenters. The maximum atomic E-state index is 5.90. The van der Waals surface area contributed by atoms with Crippen molar-refractivity contribution in [3.8, 4) is 5.88 Å². The number of halogens is 1. The average Bonchev–Trinajstić information content (AvgIpc) is 2.17. The number of methoxy groups -OCH3 is 1. The van der Waals surface area contributed by atoms with Crippen molar-refractivity contribution in [2.75, 3.05) is 13.7 Å². The topological polar surface area (TPSA) is 31.4 Å². The van der Waals surface area contributed by atoms with Crippen LogP contribution in [-0.4, -0.2) is 24.8 Å². The number of aryl methyl sites for hydroxylation is 2. The molecule has 1 unspecified atom stereocenters. The highest BCUT2D eigenvalue weighted by Crippen LogP contribution is 2.23. The third kappa shape index (κ3) is 3.35. The van der Waals surface area contributed by atoms with E-state index in [0.29, 0.717) is 18.4 Å². The van der Waals surface area contributed by atoms with Crippen molar-refractivity contribution >= 4 is 11.6 Å². The molecular formula is C12H18ClNO2. The predicted octanol–water partition coefficient (Wildman–Crippen LogP) is 2.85. The first-order valence-corrected chi connectivity index (χ1v) is 5.80. The van der Waals surface area contributed by atoms with Gasteiger partial charge < -0.3 is 9.47 Å². The van der Waals surface area contributed by atoms with Gasteiger partial charge in [0, 0.05) is 18.4 Å². The molecule has 0 fully saturated rings. The van der Waals surface area contributed by atoms with E-state index in [0.717, 1.165) is 16.8 Å². The molecule has 90 valence electrons. The number of aromatic nitrogens is 1. The highest BCUT2D eigenvalue weighted by molar-refractivity contribution is 6.17. The molecule has 0 aliphatic heterocycles. The molecule has 0 saturated heterocycles. The molecule has 1 rings (SSSR count). The van der Waals surface area contributed by atoms with Gasteiger partial charge >= 0.3 is 0 Å². The lowest BCUT2D eigenvalue weighted by atomic mass is 10.1. The van der Waals surface area contributed by atoms with Gasteiger partial charge in [0.05, 0.1) is 12.5 Å². The van der Waals surface area contributed by atoms with E-state index in [1.807, 2.05) is 26.8 Å².